The summed E-state index contributed by atoms with van der Waals surface area (Å²) < 4.78 is 0. The standard InChI is InChI=1S/C23H19NO2/c25-22(16-6-2-1-3-7-16)12-13-23(26)24-19-11-10-18-14-17-8-4-5-9-20(17)21(18)15-19/h1-11,15H,12-14H2,(H,24,26). The average molecular weight is 341 g/mol. The van der Waals surface area contributed by atoms with Crippen molar-refractivity contribution in [3.05, 3.63) is 89.5 Å². The lowest BCUT2D eigenvalue weighted by Gasteiger charge is -2.08. The van der Waals surface area contributed by atoms with Crippen molar-refractivity contribution in [2.75, 3.05) is 5.32 Å². The van der Waals surface area contributed by atoms with E-state index in [-0.39, 0.29) is 24.5 Å². The average Bonchev–Trinajstić information content (AvgIpc) is 3.05. The number of amides is 1. The van der Waals surface area contributed by atoms with E-state index in [4.69, 9.17) is 0 Å². The van der Waals surface area contributed by atoms with Crippen molar-refractivity contribution in [1.82, 2.24) is 0 Å². The van der Waals surface area contributed by atoms with Crippen molar-refractivity contribution in [3.8, 4) is 11.1 Å². The molecule has 0 aliphatic heterocycles. The zero-order chi connectivity index (χ0) is 17.9. The molecular weight excluding hydrogens is 322 g/mol. The molecule has 3 nitrogen and oxygen atoms in total. The maximum absolute atomic E-state index is 12.2. The minimum atomic E-state index is -0.138. The Morgan fingerprint density at radius 3 is 2.35 bits per heavy atom. The van der Waals surface area contributed by atoms with E-state index in [1.165, 1.54) is 22.3 Å². The first-order valence-corrected chi connectivity index (χ1v) is 8.80. The monoisotopic (exact) mass is 341 g/mol. The van der Waals surface area contributed by atoms with Gasteiger partial charge in [0.2, 0.25) is 5.91 Å². The van der Waals surface area contributed by atoms with Crippen LogP contribution < -0.4 is 5.32 Å². The van der Waals surface area contributed by atoms with Crippen LogP contribution in [0.3, 0.4) is 0 Å². The van der Waals surface area contributed by atoms with Gasteiger partial charge in [0.15, 0.2) is 5.78 Å². The minimum Gasteiger partial charge on any atom is -0.326 e. The highest BCUT2D eigenvalue weighted by Crippen LogP contribution is 2.37. The molecule has 0 aromatic heterocycles. The molecule has 0 fully saturated rings. The second-order valence-electron chi connectivity index (χ2n) is 6.54. The van der Waals surface area contributed by atoms with E-state index in [1.807, 2.05) is 36.4 Å². The highest BCUT2D eigenvalue weighted by atomic mass is 16.2. The van der Waals surface area contributed by atoms with Crippen LogP contribution in [0.4, 0.5) is 5.69 Å². The SMILES string of the molecule is O=C(CCC(=O)c1ccccc1)Nc1ccc2c(c1)-c1ccccc1C2. The number of fused-ring (bicyclic) bond motifs is 3. The lowest BCUT2D eigenvalue weighted by Crippen LogP contribution is -2.13. The summed E-state index contributed by atoms with van der Waals surface area (Å²) in [4.78, 5) is 24.3. The van der Waals surface area contributed by atoms with Gasteiger partial charge in [-0.05, 0) is 40.8 Å². The predicted octanol–water partition coefficient (Wildman–Crippen LogP) is 4.86. The smallest absolute Gasteiger partial charge is 0.224 e. The van der Waals surface area contributed by atoms with Crippen molar-refractivity contribution in [2.45, 2.75) is 19.3 Å². The van der Waals surface area contributed by atoms with Gasteiger partial charge in [-0.15, -0.1) is 0 Å². The third kappa shape index (κ3) is 3.29. The molecule has 3 aromatic rings. The minimum absolute atomic E-state index is 0.0105. The van der Waals surface area contributed by atoms with Crippen molar-refractivity contribution < 1.29 is 9.59 Å². The van der Waals surface area contributed by atoms with Gasteiger partial charge in [-0.25, -0.2) is 0 Å². The Bertz CT molecular complexity index is 977. The molecule has 0 saturated carbocycles. The number of hydrogen-bond donors (Lipinski definition) is 1. The zero-order valence-electron chi connectivity index (χ0n) is 14.4. The van der Waals surface area contributed by atoms with Crippen molar-refractivity contribution in [2.24, 2.45) is 0 Å². The summed E-state index contributed by atoms with van der Waals surface area (Å²) in [5.74, 6) is -0.149. The molecular formula is C23H19NO2. The fourth-order valence-electron chi connectivity index (χ4n) is 3.42. The number of carbonyl (C=O) groups excluding carboxylic acids is 2. The first kappa shape index (κ1) is 16.3. The summed E-state index contributed by atoms with van der Waals surface area (Å²) in [7, 11) is 0. The van der Waals surface area contributed by atoms with Crippen LogP contribution in [0.15, 0.2) is 72.8 Å². The number of ketones is 1. The maximum Gasteiger partial charge on any atom is 0.224 e. The molecule has 3 aromatic carbocycles. The van der Waals surface area contributed by atoms with Gasteiger partial charge in [-0.2, -0.15) is 0 Å². The van der Waals surface area contributed by atoms with Crippen LogP contribution in [0.5, 0.6) is 0 Å². The quantitative estimate of drug-likeness (QED) is 0.527. The molecule has 0 atom stereocenters. The number of carbonyl (C=O) groups is 2. The van der Waals surface area contributed by atoms with Crippen molar-refractivity contribution in [1.29, 1.82) is 0 Å². The van der Waals surface area contributed by atoms with Gasteiger partial charge < -0.3 is 5.32 Å². The fraction of sp³-hybridized carbons (Fsp3) is 0.130. The number of rotatable bonds is 5. The largest absolute Gasteiger partial charge is 0.326 e. The normalized spacial score (nSPS) is 11.5. The molecule has 0 radical (unpaired) electrons. The van der Waals surface area contributed by atoms with E-state index in [1.54, 1.807) is 12.1 Å². The van der Waals surface area contributed by atoms with Gasteiger partial charge >= 0.3 is 0 Å². The van der Waals surface area contributed by atoms with E-state index in [2.05, 4.69) is 29.6 Å². The Hall–Kier alpha value is -3.20. The topological polar surface area (TPSA) is 46.2 Å². The highest BCUT2D eigenvalue weighted by Gasteiger charge is 2.18. The van der Waals surface area contributed by atoms with Crippen LogP contribution in [0.2, 0.25) is 0 Å². The van der Waals surface area contributed by atoms with Crippen LogP contribution in [-0.2, 0) is 11.2 Å². The van der Waals surface area contributed by atoms with Crippen LogP contribution >= 0.6 is 0 Å². The second kappa shape index (κ2) is 6.96. The Morgan fingerprint density at radius 2 is 1.50 bits per heavy atom. The summed E-state index contributed by atoms with van der Waals surface area (Å²) in [5, 5.41) is 2.92. The molecule has 0 bridgehead atoms. The predicted molar refractivity (Wildman–Crippen MR) is 103 cm³/mol. The number of Topliss-reactive ketones (excluding diaryl/α,β-unsaturated/α-hetero) is 1. The molecule has 0 unspecified atom stereocenters. The lowest BCUT2D eigenvalue weighted by molar-refractivity contribution is -0.116. The van der Waals surface area contributed by atoms with E-state index in [0.29, 0.717) is 5.56 Å². The summed E-state index contributed by atoms with van der Waals surface area (Å²) in [6.45, 7) is 0. The fourth-order valence-corrected chi connectivity index (χ4v) is 3.42. The molecule has 0 heterocycles. The Kier molecular flexibility index (Phi) is 4.36. The van der Waals surface area contributed by atoms with Gasteiger partial charge in [-0.3, -0.25) is 9.59 Å². The number of benzene rings is 3. The van der Waals surface area contributed by atoms with Crippen LogP contribution in [0, 0.1) is 0 Å². The maximum atomic E-state index is 12.2. The van der Waals surface area contributed by atoms with Gasteiger partial charge in [-0.1, -0.05) is 60.7 Å². The third-order valence-electron chi connectivity index (χ3n) is 4.76. The molecule has 0 spiro atoms. The van der Waals surface area contributed by atoms with E-state index in [9.17, 15) is 9.59 Å². The lowest BCUT2D eigenvalue weighted by atomic mass is 10.0. The molecule has 4 rings (SSSR count). The molecule has 26 heavy (non-hydrogen) atoms. The van der Waals surface area contributed by atoms with Crippen LogP contribution in [0.25, 0.3) is 11.1 Å². The molecule has 3 heteroatoms. The summed E-state index contributed by atoms with van der Waals surface area (Å²) in [6.07, 6.45) is 1.33. The summed E-state index contributed by atoms with van der Waals surface area (Å²) >= 11 is 0. The van der Waals surface area contributed by atoms with Crippen molar-refractivity contribution in [3.63, 3.8) is 0 Å². The molecule has 1 aliphatic carbocycles. The molecule has 1 aliphatic rings. The van der Waals surface area contributed by atoms with Gasteiger partial charge in [0.25, 0.3) is 0 Å². The molecule has 128 valence electrons. The zero-order valence-corrected chi connectivity index (χ0v) is 14.4. The molecule has 1 amide bonds. The Morgan fingerprint density at radius 1 is 0.769 bits per heavy atom. The Balaban J connectivity index is 1.41. The van der Waals surface area contributed by atoms with E-state index in [0.717, 1.165) is 12.1 Å². The highest BCUT2D eigenvalue weighted by molar-refractivity contribution is 6.00. The number of anilines is 1. The Labute approximate surface area is 152 Å². The number of nitrogens with one attached hydrogen (secondary N) is 1. The summed E-state index contributed by atoms with van der Waals surface area (Å²) in [5.41, 5.74) is 6.44. The van der Waals surface area contributed by atoms with Crippen LogP contribution in [-0.4, -0.2) is 11.7 Å². The van der Waals surface area contributed by atoms with E-state index >= 15 is 0 Å². The van der Waals surface area contributed by atoms with Gasteiger partial charge in [0.05, 0.1) is 0 Å². The van der Waals surface area contributed by atoms with Crippen LogP contribution in [0.1, 0.15) is 34.3 Å². The molecule has 1 N–H and O–H groups in total. The second-order valence-corrected chi connectivity index (χ2v) is 6.54. The first-order chi connectivity index (χ1) is 12.7. The van der Waals surface area contributed by atoms with E-state index < -0.39 is 0 Å². The van der Waals surface area contributed by atoms with Crippen molar-refractivity contribution >= 4 is 17.4 Å². The summed E-state index contributed by atoms with van der Waals surface area (Å²) in [6, 6.07) is 23.5. The van der Waals surface area contributed by atoms with Gasteiger partial charge in [0, 0.05) is 24.1 Å². The third-order valence-corrected chi connectivity index (χ3v) is 4.76. The first-order valence-electron chi connectivity index (χ1n) is 8.80. The van der Waals surface area contributed by atoms with Gasteiger partial charge in [0.1, 0.15) is 0 Å². The number of hydrogen-bond acceptors (Lipinski definition) is 2. The molecule has 0 saturated heterocycles.